The van der Waals surface area contributed by atoms with Crippen molar-refractivity contribution in [1.82, 2.24) is 0 Å². The number of aliphatic hydroxyl groups is 1. The molecule has 0 fully saturated rings. The molecule has 15 heteroatoms. The van der Waals surface area contributed by atoms with Crippen LogP contribution in [0.1, 0.15) is 27.0 Å². The molecule has 0 aliphatic heterocycles. The van der Waals surface area contributed by atoms with E-state index in [0.717, 1.165) is 30.3 Å². The van der Waals surface area contributed by atoms with E-state index in [2.05, 4.69) is 0 Å². The number of ketones is 1. The van der Waals surface area contributed by atoms with Crippen molar-refractivity contribution in [2.75, 3.05) is 11.6 Å². The highest BCUT2D eigenvalue weighted by atomic mass is 19.4. The topological polar surface area (TPSA) is 49.8 Å². The van der Waals surface area contributed by atoms with Gasteiger partial charge in [0.1, 0.15) is 5.82 Å². The van der Waals surface area contributed by atoms with Crippen molar-refractivity contribution < 1.29 is 63.0 Å². The summed E-state index contributed by atoms with van der Waals surface area (Å²) in [6.45, 7) is -0.0744. The van der Waals surface area contributed by atoms with Gasteiger partial charge in [-0.2, -0.15) is 43.9 Å². The van der Waals surface area contributed by atoms with E-state index >= 15 is 0 Å². The van der Waals surface area contributed by atoms with E-state index < -0.39 is 59.8 Å². The van der Waals surface area contributed by atoms with Gasteiger partial charge in [-0.1, -0.05) is 24.3 Å². The summed E-state index contributed by atoms with van der Waals surface area (Å²) >= 11 is 0. The molecule has 3 aromatic rings. The molecule has 222 valence electrons. The normalized spacial score (nSPS) is 13.6. The minimum atomic E-state index is -6.65. The van der Waals surface area contributed by atoms with E-state index in [1.54, 1.807) is 0 Å². The lowest BCUT2D eigenvalue weighted by atomic mass is 10.0. The van der Waals surface area contributed by atoms with Crippen LogP contribution in [0.3, 0.4) is 0 Å². The van der Waals surface area contributed by atoms with E-state index in [1.165, 1.54) is 25.1 Å². The summed E-state index contributed by atoms with van der Waals surface area (Å²) in [7, 11) is 0. The summed E-state index contributed by atoms with van der Waals surface area (Å²) in [6, 6.07) is 9.45. The van der Waals surface area contributed by atoms with Gasteiger partial charge in [0.05, 0.1) is 12.2 Å². The van der Waals surface area contributed by atoms with Crippen molar-refractivity contribution in [2.45, 2.75) is 37.2 Å². The van der Waals surface area contributed by atoms with E-state index in [0.29, 0.717) is 6.07 Å². The molecule has 0 saturated heterocycles. The summed E-state index contributed by atoms with van der Waals surface area (Å²) < 4.78 is 146. The molecule has 0 heterocycles. The predicted octanol–water partition coefficient (Wildman–Crippen LogP) is 7.38. The van der Waals surface area contributed by atoms with Crippen LogP contribution in [0.2, 0.25) is 0 Å². The fourth-order valence-electron chi connectivity index (χ4n) is 3.45. The molecule has 0 aliphatic carbocycles. The Morgan fingerprint density at radius 3 is 2.05 bits per heavy atom. The number of halogens is 11. The monoisotopic (exact) mass is 601 g/mol. The van der Waals surface area contributed by atoms with Gasteiger partial charge in [-0.3, -0.25) is 4.79 Å². The Balaban J connectivity index is 2.02. The van der Waals surface area contributed by atoms with Crippen LogP contribution >= 0.6 is 0 Å². The zero-order valence-electron chi connectivity index (χ0n) is 20.5. The van der Waals surface area contributed by atoms with Crippen LogP contribution in [0.25, 0.3) is 0 Å². The van der Waals surface area contributed by atoms with Gasteiger partial charge in [0, 0.05) is 16.7 Å². The summed E-state index contributed by atoms with van der Waals surface area (Å²) in [5.41, 5.74) is -2.32. The predicted molar refractivity (Wildman–Crippen MR) is 122 cm³/mol. The van der Waals surface area contributed by atoms with Gasteiger partial charge in [-0.05, 0) is 55.0 Å². The smallest absolute Gasteiger partial charge is 0.382 e. The highest BCUT2D eigenvalue weighted by Gasteiger charge is 2.73. The van der Waals surface area contributed by atoms with E-state index in [-0.39, 0.29) is 39.6 Å². The summed E-state index contributed by atoms with van der Waals surface area (Å²) in [6.07, 6.45) is -15.0. The fraction of sp³-hybridized carbons (Fsp3) is 0.269. The molecule has 3 aromatic carbocycles. The summed E-state index contributed by atoms with van der Waals surface area (Å²) in [5.74, 6) is -14.6. The number of alkyl halides is 10. The highest BCUT2D eigenvalue weighted by Crippen LogP contribution is 2.52. The first-order valence-electron chi connectivity index (χ1n) is 11.3. The van der Waals surface area contributed by atoms with Gasteiger partial charge in [0.2, 0.25) is 0 Å². The van der Waals surface area contributed by atoms with Crippen LogP contribution in [0, 0.1) is 12.7 Å². The molecule has 3 rings (SSSR count). The number of carbonyl (C=O) groups is 1. The Morgan fingerprint density at radius 1 is 0.854 bits per heavy atom. The minimum absolute atomic E-state index is 0.00984. The van der Waals surface area contributed by atoms with E-state index in [4.69, 9.17) is 4.84 Å². The van der Waals surface area contributed by atoms with Crippen LogP contribution in [0.4, 0.5) is 54.0 Å². The highest BCUT2D eigenvalue weighted by molar-refractivity contribution is 6.09. The molecule has 0 radical (unpaired) electrons. The molecule has 1 unspecified atom stereocenters. The van der Waals surface area contributed by atoms with Gasteiger partial charge >= 0.3 is 24.2 Å². The van der Waals surface area contributed by atoms with Gasteiger partial charge in [0.25, 0.3) is 0 Å². The maximum Gasteiger partial charge on any atom is 0.460 e. The number of anilines is 1. The number of aryl methyl sites for hydroxylation is 1. The molecular weight excluding hydrogens is 583 g/mol. The number of benzene rings is 3. The number of rotatable bonds is 9. The van der Waals surface area contributed by atoms with Crippen molar-refractivity contribution >= 4 is 11.5 Å². The second-order valence-corrected chi connectivity index (χ2v) is 8.73. The van der Waals surface area contributed by atoms with Crippen molar-refractivity contribution in [1.29, 1.82) is 0 Å². The lowest BCUT2D eigenvalue weighted by Gasteiger charge is -2.30. The van der Waals surface area contributed by atoms with Crippen LogP contribution in [0.15, 0.2) is 66.7 Å². The summed E-state index contributed by atoms with van der Waals surface area (Å²) in [5, 5.41) is 9.88. The van der Waals surface area contributed by atoms with Crippen molar-refractivity contribution in [3.63, 3.8) is 0 Å². The van der Waals surface area contributed by atoms with Crippen LogP contribution in [-0.2, 0) is 5.92 Å². The van der Waals surface area contributed by atoms with Gasteiger partial charge in [-0.15, -0.1) is 0 Å². The molecule has 4 nitrogen and oxygen atoms in total. The average molecular weight is 601 g/mol. The zero-order valence-corrected chi connectivity index (χ0v) is 20.5. The maximum absolute atomic E-state index is 14.2. The number of hydrogen-bond donors (Lipinski definition) is 1. The Hall–Kier alpha value is -3.88. The molecule has 0 aliphatic rings. The lowest BCUT2D eigenvalue weighted by molar-refractivity contribution is -0.359. The first kappa shape index (κ1) is 31.6. The molecule has 1 N–H and O–H groups in total. The maximum atomic E-state index is 14.2. The average Bonchev–Trinajstić information content (AvgIpc) is 2.88. The minimum Gasteiger partial charge on any atom is -0.382 e. The third kappa shape index (κ3) is 6.72. The van der Waals surface area contributed by atoms with Crippen LogP contribution < -0.4 is 9.90 Å². The number of nitrogens with zero attached hydrogens (tertiary/aromatic N) is 1. The SMILES string of the molecule is Cc1cc(C(=O)c2cccc(N(CC(O)C(F)(F)F)Oc3cccc(C(F)(F)C(F)(F)C(F)(F)F)c3)c2)ccc1F. The number of hydroxylamine groups is 1. The van der Waals surface area contributed by atoms with Crippen LogP contribution in [0.5, 0.6) is 5.75 Å². The number of carbonyl (C=O) groups excluding carboxylic acids is 1. The third-order valence-corrected chi connectivity index (χ3v) is 5.70. The molecule has 0 saturated carbocycles. The Morgan fingerprint density at radius 2 is 1.46 bits per heavy atom. The molecular formula is C26H18F11NO3. The van der Waals surface area contributed by atoms with Crippen LogP contribution in [-0.4, -0.2) is 41.8 Å². The Labute approximate surface area is 224 Å². The first-order valence-corrected chi connectivity index (χ1v) is 11.3. The summed E-state index contributed by atoms with van der Waals surface area (Å²) in [4.78, 5) is 18.0. The van der Waals surface area contributed by atoms with Crippen molar-refractivity contribution in [3.8, 4) is 5.75 Å². The number of hydrogen-bond acceptors (Lipinski definition) is 4. The molecule has 1 atom stereocenters. The zero-order chi connectivity index (χ0) is 31.0. The fourth-order valence-corrected chi connectivity index (χ4v) is 3.45. The quantitative estimate of drug-likeness (QED) is 0.158. The second kappa shape index (κ2) is 11.2. The van der Waals surface area contributed by atoms with Crippen molar-refractivity contribution in [3.05, 3.63) is 94.8 Å². The largest absolute Gasteiger partial charge is 0.460 e. The molecule has 41 heavy (non-hydrogen) atoms. The molecule has 0 spiro atoms. The van der Waals surface area contributed by atoms with Gasteiger partial charge < -0.3 is 9.94 Å². The van der Waals surface area contributed by atoms with Crippen molar-refractivity contribution in [2.24, 2.45) is 0 Å². The molecule has 0 aromatic heterocycles. The number of aliphatic hydroxyl groups excluding tert-OH is 1. The van der Waals surface area contributed by atoms with Gasteiger partial charge in [-0.25, -0.2) is 9.45 Å². The van der Waals surface area contributed by atoms with E-state index in [9.17, 15) is 58.2 Å². The van der Waals surface area contributed by atoms with E-state index in [1.807, 2.05) is 0 Å². The Kier molecular flexibility index (Phi) is 8.63. The van der Waals surface area contributed by atoms with Gasteiger partial charge in [0.15, 0.2) is 17.6 Å². The standard InChI is InChI=1S/C26H18F11NO3/c1-14-10-16(8-9-20(14)27)22(40)15-4-2-6-18(11-15)38(13-21(39)24(30,31)32)41-19-7-3-5-17(12-19)23(28,29)25(33,34)26(35,36)37/h2-12,21,39H,13H2,1H3. The Bertz CT molecular complexity index is 1400. The molecule has 0 bridgehead atoms. The second-order valence-electron chi connectivity index (χ2n) is 8.73. The molecule has 0 amide bonds. The third-order valence-electron chi connectivity index (χ3n) is 5.70. The lowest BCUT2D eigenvalue weighted by Crippen LogP contribution is -2.50. The first-order chi connectivity index (χ1) is 18.8.